The number of alkyl carbamates (subject to hydrolysis) is 1. The maximum absolute atomic E-state index is 12.1. The van der Waals surface area contributed by atoms with Gasteiger partial charge in [-0.2, -0.15) is 0 Å². The lowest BCUT2D eigenvalue weighted by molar-refractivity contribution is -0.117. The van der Waals surface area contributed by atoms with Crippen molar-refractivity contribution in [2.45, 2.75) is 65.0 Å². The molecule has 102 valence electrons. The van der Waals surface area contributed by atoms with Crippen LogP contribution in [0.15, 0.2) is 11.6 Å². The van der Waals surface area contributed by atoms with Crippen molar-refractivity contribution in [3.8, 4) is 0 Å². The van der Waals surface area contributed by atoms with Crippen LogP contribution in [-0.4, -0.2) is 23.5 Å². The first-order chi connectivity index (χ1) is 8.29. The molecule has 1 atom stereocenters. The Kier molecular flexibility index (Phi) is 4.93. The number of hydrogen-bond donors (Lipinski definition) is 1. The summed E-state index contributed by atoms with van der Waals surface area (Å²) in [5.74, 6) is 0.000518. The summed E-state index contributed by atoms with van der Waals surface area (Å²) in [5, 5.41) is 2.58. The Labute approximate surface area is 109 Å². The van der Waals surface area contributed by atoms with Crippen LogP contribution in [0.3, 0.4) is 0 Å². The molecule has 1 amide bonds. The summed E-state index contributed by atoms with van der Waals surface area (Å²) < 4.78 is 5.12. The summed E-state index contributed by atoms with van der Waals surface area (Å²) in [7, 11) is 0. The Balaban J connectivity index is 2.49. The average Bonchev–Trinajstić information content (AvgIpc) is 2.26. The van der Waals surface area contributed by atoms with E-state index >= 15 is 0 Å². The molecular weight excluding hydrogens is 230 g/mol. The molecule has 4 nitrogen and oxygen atoms in total. The van der Waals surface area contributed by atoms with Gasteiger partial charge in [-0.25, -0.2) is 4.79 Å². The van der Waals surface area contributed by atoms with Crippen LogP contribution in [-0.2, 0) is 9.53 Å². The molecule has 0 unspecified atom stereocenters. The second-order valence-corrected chi connectivity index (χ2v) is 5.71. The van der Waals surface area contributed by atoms with Crippen molar-refractivity contribution in [1.82, 2.24) is 5.32 Å². The molecule has 0 aliphatic heterocycles. The molecule has 18 heavy (non-hydrogen) atoms. The largest absolute Gasteiger partial charge is 0.444 e. The van der Waals surface area contributed by atoms with E-state index in [1.807, 2.05) is 6.08 Å². The second-order valence-electron chi connectivity index (χ2n) is 5.71. The Hall–Kier alpha value is -1.32. The number of carbonyl (C=O) groups is 2. The standard InChI is InChI=1S/C14H23NO3/c1-10(15-13(17)18-14(2,3)4)12(16)11-8-6-5-7-9-11/h8,10H,5-7,9H2,1-4H3,(H,15,17)/t10-/m1/s1. The summed E-state index contributed by atoms with van der Waals surface area (Å²) in [5.41, 5.74) is 0.293. The molecule has 0 saturated heterocycles. The second kappa shape index (κ2) is 6.03. The van der Waals surface area contributed by atoms with Crippen LogP contribution in [0.2, 0.25) is 0 Å². The minimum absolute atomic E-state index is 0.000518. The number of rotatable bonds is 3. The van der Waals surface area contributed by atoms with Gasteiger partial charge in [0, 0.05) is 0 Å². The van der Waals surface area contributed by atoms with Gasteiger partial charge in [0.05, 0.1) is 6.04 Å². The highest BCUT2D eigenvalue weighted by molar-refractivity contribution is 6.00. The molecular formula is C14H23NO3. The Bertz CT molecular complexity index is 353. The number of allylic oxidation sites excluding steroid dienone is 1. The molecule has 0 fully saturated rings. The maximum Gasteiger partial charge on any atom is 0.408 e. The Morgan fingerprint density at radius 2 is 2.00 bits per heavy atom. The summed E-state index contributed by atoms with van der Waals surface area (Å²) in [4.78, 5) is 23.6. The molecule has 1 aliphatic rings. The lowest BCUT2D eigenvalue weighted by Crippen LogP contribution is -2.42. The molecule has 0 aromatic rings. The van der Waals surface area contributed by atoms with E-state index < -0.39 is 17.7 Å². The number of carbonyl (C=O) groups excluding carboxylic acids is 2. The Morgan fingerprint density at radius 3 is 2.50 bits per heavy atom. The van der Waals surface area contributed by atoms with E-state index in [0.717, 1.165) is 31.3 Å². The van der Waals surface area contributed by atoms with Crippen molar-refractivity contribution < 1.29 is 14.3 Å². The highest BCUT2D eigenvalue weighted by atomic mass is 16.6. The van der Waals surface area contributed by atoms with Crippen molar-refractivity contribution in [2.24, 2.45) is 0 Å². The van der Waals surface area contributed by atoms with Gasteiger partial charge < -0.3 is 10.1 Å². The zero-order chi connectivity index (χ0) is 13.8. The van der Waals surface area contributed by atoms with Crippen LogP contribution < -0.4 is 5.32 Å². The molecule has 0 aromatic carbocycles. The highest BCUT2D eigenvalue weighted by Crippen LogP contribution is 2.19. The third-order valence-corrected chi connectivity index (χ3v) is 2.73. The van der Waals surface area contributed by atoms with Gasteiger partial charge in [0.15, 0.2) is 5.78 Å². The van der Waals surface area contributed by atoms with E-state index in [1.54, 1.807) is 27.7 Å². The predicted molar refractivity (Wildman–Crippen MR) is 70.4 cm³/mol. The zero-order valence-electron chi connectivity index (χ0n) is 11.7. The fraction of sp³-hybridized carbons (Fsp3) is 0.714. The third-order valence-electron chi connectivity index (χ3n) is 2.73. The molecule has 0 spiro atoms. The van der Waals surface area contributed by atoms with E-state index in [1.165, 1.54) is 0 Å². The Morgan fingerprint density at radius 1 is 1.33 bits per heavy atom. The first kappa shape index (κ1) is 14.7. The quantitative estimate of drug-likeness (QED) is 0.841. The fourth-order valence-corrected chi connectivity index (χ4v) is 1.89. The van der Waals surface area contributed by atoms with E-state index in [0.29, 0.717) is 0 Å². The number of nitrogens with one attached hydrogen (secondary N) is 1. The van der Waals surface area contributed by atoms with Gasteiger partial charge in [-0.15, -0.1) is 0 Å². The number of hydrogen-bond acceptors (Lipinski definition) is 3. The number of amides is 1. The number of Topliss-reactive ketones (excluding diaryl/α,β-unsaturated/α-hetero) is 1. The van der Waals surface area contributed by atoms with E-state index in [9.17, 15) is 9.59 Å². The van der Waals surface area contributed by atoms with Crippen LogP contribution >= 0.6 is 0 Å². The summed E-state index contributed by atoms with van der Waals surface area (Å²) in [6.07, 6.45) is 5.42. The van der Waals surface area contributed by atoms with Gasteiger partial charge in [-0.1, -0.05) is 6.08 Å². The first-order valence-electron chi connectivity index (χ1n) is 6.52. The molecule has 0 bridgehead atoms. The molecule has 1 rings (SSSR count). The van der Waals surface area contributed by atoms with E-state index in [-0.39, 0.29) is 5.78 Å². The van der Waals surface area contributed by atoms with Gasteiger partial charge in [0.25, 0.3) is 0 Å². The van der Waals surface area contributed by atoms with Gasteiger partial charge in [0.1, 0.15) is 5.60 Å². The van der Waals surface area contributed by atoms with Crippen molar-refractivity contribution >= 4 is 11.9 Å². The lowest BCUT2D eigenvalue weighted by Gasteiger charge is -2.22. The monoisotopic (exact) mass is 253 g/mol. The number of ketones is 1. The van der Waals surface area contributed by atoms with Crippen LogP contribution in [0.1, 0.15) is 53.4 Å². The van der Waals surface area contributed by atoms with Gasteiger partial charge in [0.2, 0.25) is 0 Å². The predicted octanol–water partition coefficient (Wildman–Crippen LogP) is 2.97. The summed E-state index contributed by atoms with van der Waals surface area (Å²) >= 11 is 0. The molecule has 0 aromatic heterocycles. The summed E-state index contributed by atoms with van der Waals surface area (Å²) in [6.45, 7) is 7.08. The number of ether oxygens (including phenoxy) is 1. The van der Waals surface area contributed by atoms with Crippen LogP contribution in [0.4, 0.5) is 4.79 Å². The summed E-state index contributed by atoms with van der Waals surface area (Å²) in [6, 6.07) is -0.524. The van der Waals surface area contributed by atoms with E-state index in [4.69, 9.17) is 4.74 Å². The molecule has 0 radical (unpaired) electrons. The normalized spacial score (nSPS) is 17.7. The topological polar surface area (TPSA) is 55.4 Å². The fourth-order valence-electron chi connectivity index (χ4n) is 1.89. The van der Waals surface area contributed by atoms with Crippen molar-refractivity contribution in [3.05, 3.63) is 11.6 Å². The average molecular weight is 253 g/mol. The molecule has 4 heteroatoms. The highest BCUT2D eigenvalue weighted by Gasteiger charge is 2.23. The van der Waals surface area contributed by atoms with Crippen molar-refractivity contribution in [3.63, 3.8) is 0 Å². The van der Waals surface area contributed by atoms with E-state index in [2.05, 4.69) is 5.32 Å². The SMILES string of the molecule is C[C@@H](NC(=O)OC(C)(C)C)C(=O)C1=CCCCC1. The molecule has 0 saturated carbocycles. The van der Waals surface area contributed by atoms with Crippen LogP contribution in [0.5, 0.6) is 0 Å². The third kappa shape index (κ3) is 4.90. The van der Waals surface area contributed by atoms with Crippen LogP contribution in [0.25, 0.3) is 0 Å². The maximum atomic E-state index is 12.1. The van der Waals surface area contributed by atoms with Gasteiger partial charge in [-0.05, 0) is 59.0 Å². The molecule has 1 N–H and O–H groups in total. The first-order valence-corrected chi connectivity index (χ1v) is 6.52. The van der Waals surface area contributed by atoms with Crippen molar-refractivity contribution in [2.75, 3.05) is 0 Å². The van der Waals surface area contributed by atoms with Crippen molar-refractivity contribution in [1.29, 1.82) is 0 Å². The molecule has 0 heterocycles. The smallest absolute Gasteiger partial charge is 0.408 e. The van der Waals surface area contributed by atoms with Gasteiger partial charge >= 0.3 is 6.09 Å². The minimum Gasteiger partial charge on any atom is -0.444 e. The zero-order valence-corrected chi connectivity index (χ0v) is 11.7. The van der Waals surface area contributed by atoms with Gasteiger partial charge in [-0.3, -0.25) is 4.79 Å². The molecule has 1 aliphatic carbocycles. The van der Waals surface area contributed by atoms with Crippen LogP contribution in [0, 0.1) is 0 Å². The minimum atomic E-state index is -0.545. The lowest BCUT2D eigenvalue weighted by atomic mass is 9.94.